The summed E-state index contributed by atoms with van der Waals surface area (Å²) in [6.45, 7) is 5.71. The third kappa shape index (κ3) is 4.75. The molecular weight excluding hydrogens is 398 g/mol. The summed E-state index contributed by atoms with van der Waals surface area (Å²) in [6.07, 6.45) is 3.26. The molecule has 1 fully saturated rings. The molecule has 1 amide bonds. The first-order valence-corrected chi connectivity index (χ1v) is 11.0. The third-order valence-corrected chi connectivity index (χ3v) is 5.81. The van der Waals surface area contributed by atoms with E-state index in [2.05, 4.69) is 41.5 Å². The van der Waals surface area contributed by atoms with Gasteiger partial charge in [-0.3, -0.25) is 9.89 Å². The second-order valence-corrected chi connectivity index (χ2v) is 8.75. The fourth-order valence-corrected chi connectivity index (χ4v) is 4.29. The lowest BCUT2D eigenvalue weighted by Gasteiger charge is -2.32. The first kappa shape index (κ1) is 20.7. The van der Waals surface area contributed by atoms with Crippen LogP contribution in [0, 0.1) is 0 Å². The van der Waals surface area contributed by atoms with Crippen molar-refractivity contribution in [3.05, 3.63) is 52.7 Å². The number of nitrogens with zero attached hydrogens (tertiary/aromatic N) is 3. The lowest BCUT2D eigenvalue weighted by atomic mass is 9.93. The van der Waals surface area contributed by atoms with E-state index in [1.54, 1.807) is 0 Å². The van der Waals surface area contributed by atoms with Crippen LogP contribution in [-0.4, -0.2) is 45.1 Å². The number of anilines is 1. The molecule has 0 unspecified atom stereocenters. The van der Waals surface area contributed by atoms with Crippen LogP contribution in [0.15, 0.2) is 36.4 Å². The molecule has 1 aliphatic heterocycles. The molecule has 0 spiro atoms. The second-order valence-electron chi connectivity index (χ2n) is 8.31. The van der Waals surface area contributed by atoms with E-state index in [-0.39, 0.29) is 11.8 Å². The highest BCUT2D eigenvalue weighted by Gasteiger charge is 2.26. The first-order chi connectivity index (χ1) is 14.5. The molecule has 1 atom stereocenters. The Morgan fingerprint density at radius 1 is 1.33 bits per heavy atom. The van der Waals surface area contributed by atoms with Gasteiger partial charge in [0.2, 0.25) is 5.91 Å². The van der Waals surface area contributed by atoms with Gasteiger partial charge in [0.25, 0.3) is 0 Å². The number of amides is 1. The maximum Gasteiger partial charge on any atom is 0.222 e. The van der Waals surface area contributed by atoms with Crippen LogP contribution in [0.2, 0.25) is 5.02 Å². The number of rotatable bonds is 6. The number of halogens is 1. The number of aromatic nitrogens is 3. The number of nitrogens with one attached hydrogen (secondary N) is 2. The summed E-state index contributed by atoms with van der Waals surface area (Å²) in [5.41, 5.74) is 2.91. The van der Waals surface area contributed by atoms with E-state index in [4.69, 9.17) is 16.6 Å². The van der Waals surface area contributed by atoms with Crippen LogP contribution in [0.1, 0.15) is 50.3 Å². The van der Waals surface area contributed by atoms with Crippen molar-refractivity contribution >= 4 is 34.4 Å². The first-order valence-electron chi connectivity index (χ1n) is 10.6. The van der Waals surface area contributed by atoms with Crippen LogP contribution >= 0.6 is 11.6 Å². The lowest BCUT2D eigenvalue weighted by Crippen LogP contribution is -2.39. The van der Waals surface area contributed by atoms with Crippen molar-refractivity contribution in [3.8, 4) is 0 Å². The van der Waals surface area contributed by atoms with Crippen molar-refractivity contribution in [1.82, 2.24) is 20.1 Å². The van der Waals surface area contributed by atoms with Gasteiger partial charge in [-0.05, 0) is 62.9 Å². The number of hydrogen-bond acceptors (Lipinski definition) is 4. The van der Waals surface area contributed by atoms with Crippen molar-refractivity contribution in [1.29, 1.82) is 0 Å². The van der Waals surface area contributed by atoms with E-state index in [1.165, 1.54) is 0 Å². The van der Waals surface area contributed by atoms with Crippen LogP contribution in [-0.2, 0) is 11.2 Å². The maximum absolute atomic E-state index is 12.8. The summed E-state index contributed by atoms with van der Waals surface area (Å²) in [7, 11) is 0. The number of carbonyl (C=O) groups is 1. The molecule has 1 saturated heterocycles. The number of fused-ring (bicyclic) bond motifs is 1. The van der Waals surface area contributed by atoms with Crippen molar-refractivity contribution in [3.63, 3.8) is 0 Å². The van der Waals surface area contributed by atoms with Gasteiger partial charge in [0.05, 0.1) is 5.39 Å². The molecule has 0 bridgehead atoms. The minimum Gasteiger partial charge on any atom is -0.366 e. The van der Waals surface area contributed by atoms with E-state index in [1.807, 2.05) is 29.2 Å². The van der Waals surface area contributed by atoms with Crippen LogP contribution < -0.4 is 5.32 Å². The Kier molecular flexibility index (Phi) is 6.23. The number of aryl methyl sites for hydroxylation is 1. The lowest BCUT2D eigenvalue weighted by molar-refractivity contribution is -0.132. The largest absolute Gasteiger partial charge is 0.366 e. The average Bonchev–Trinajstić information content (AvgIpc) is 3.13. The van der Waals surface area contributed by atoms with Crippen LogP contribution in [0.4, 0.5) is 5.82 Å². The van der Waals surface area contributed by atoms with E-state index in [0.29, 0.717) is 23.9 Å². The second kappa shape index (κ2) is 9.04. The molecule has 1 aliphatic rings. The predicted molar refractivity (Wildman–Crippen MR) is 121 cm³/mol. The van der Waals surface area contributed by atoms with Crippen LogP contribution in [0.3, 0.4) is 0 Å². The molecule has 30 heavy (non-hydrogen) atoms. The summed E-state index contributed by atoms with van der Waals surface area (Å²) in [5.74, 6) is 1.29. The normalized spacial score (nSPS) is 16.9. The van der Waals surface area contributed by atoms with Crippen molar-refractivity contribution in [2.75, 3.05) is 18.4 Å². The highest BCUT2D eigenvalue weighted by atomic mass is 35.5. The Balaban J connectivity index is 1.41. The molecule has 4 rings (SSSR count). The van der Waals surface area contributed by atoms with Crippen LogP contribution in [0.5, 0.6) is 0 Å². The van der Waals surface area contributed by atoms with Crippen molar-refractivity contribution < 1.29 is 4.79 Å². The Bertz CT molecular complexity index is 1030. The highest BCUT2D eigenvalue weighted by Crippen LogP contribution is 2.29. The molecule has 2 aromatic heterocycles. The van der Waals surface area contributed by atoms with Gasteiger partial charge in [-0.2, -0.15) is 5.10 Å². The van der Waals surface area contributed by atoms with E-state index in [9.17, 15) is 4.79 Å². The fraction of sp³-hybridized carbons (Fsp3) is 0.435. The van der Waals surface area contributed by atoms with Crippen molar-refractivity contribution in [2.24, 2.45) is 0 Å². The molecule has 0 aliphatic carbocycles. The number of aromatic amines is 1. The summed E-state index contributed by atoms with van der Waals surface area (Å²) >= 11 is 6.05. The molecule has 3 aromatic rings. The number of benzene rings is 1. The molecule has 158 valence electrons. The average molecular weight is 426 g/mol. The summed E-state index contributed by atoms with van der Waals surface area (Å²) in [5, 5.41) is 12.4. The van der Waals surface area contributed by atoms with Gasteiger partial charge < -0.3 is 10.2 Å². The van der Waals surface area contributed by atoms with Gasteiger partial charge in [0.1, 0.15) is 0 Å². The summed E-state index contributed by atoms with van der Waals surface area (Å²) in [4.78, 5) is 19.6. The van der Waals surface area contributed by atoms with E-state index >= 15 is 0 Å². The molecule has 3 heterocycles. The summed E-state index contributed by atoms with van der Waals surface area (Å²) < 4.78 is 0. The zero-order valence-corrected chi connectivity index (χ0v) is 18.2. The Morgan fingerprint density at radius 3 is 3.00 bits per heavy atom. The van der Waals surface area contributed by atoms with E-state index < -0.39 is 0 Å². The highest BCUT2D eigenvalue weighted by molar-refractivity contribution is 6.30. The SMILES string of the molecule is CC(C)Nc1n[nH]c2nc([C@H]3CCCN(C(=O)CCc4cccc(Cl)c4)C3)ccc12. The van der Waals surface area contributed by atoms with Gasteiger partial charge in [0.15, 0.2) is 11.5 Å². The minimum absolute atomic E-state index is 0.200. The zero-order valence-electron chi connectivity index (χ0n) is 17.5. The van der Waals surface area contributed by atoms with E-state index in [0.717, 1.165) is 54.0 Å². The molecule has 7 heteroatoms. The van der Waals surface area contributed by atoms with Gasteiger partial charge in [-0.15, -0.1) is 0 Å². The number of H-pyrrole nitrogens is 1. The Labute approximate surface area is 182 Å². The molecule has 6 nitrogen and oxygen atoms in total. The van der Waals surface area contributed by atoms with Crippen LogP contribution in [0.25, 0.3) is 11.0 Å². The maximum atomic E-state index is 12.8. The number of piperidine rings is 1. The number of pyridine rings is 1. The monoisotopic (exact) mass is 425 g/mol. The molecule has 0 saturated carbocycles. The molecular formula is C23H28ClN5O. The van der Waals surface area contributed by atoms with Gasteiger partial charge in [-0.1, -0.05) is 23.7 Å². The van der Waals surface area contributed by atoms with Crippen molar-refractivity contribution in [2.45, 2.75) is 51.5 Å². The molecule has 1 aromatic carbocycles. The molecule has 0 radical (unpaired) electrons. The smallest absolute Gasteiger partial charge is 0.222 e. The quantitative estimate of drug-likeness (QED) is 0.596. The summed E-state index contributed by atoms with van der Waals surface area (Å²) in [6, 6.07) is 12.2. The fourth-order valence-electron chi connectivity index (χ4n) is 4.08. The Morgan fingerprint density at radius 2 is 2.20 bits per heavy atom. The third-order valence-electron chi connectivity index (χ3n) is 5.58. The van der Waals surface area contributed by atoms with Gasteiger partial charge >= 0.3 is 0 Å². The number of likely N-dealkylation sites (tertiary alicyclic amines) is 1. The number of hydrogen-bond donors (Lipinski definition) is 2. The predicted octanol–water partition coefficient (Wildman–Crippen LogP) is 4.77. The Hall–Kier alpha value is -2.60. The number of carbonyl (C=O) groups excluding carboxylic acids is 1. The van der Waals surface area contributed by atoms with Gasteiger partial charge in [0, 0.05) is 42.2 Å². The zero-order chi connectivity index (χ0) is 21.1. The molecule has 2 N–H and O–H groups in total. The topological polar surface area (TPSA) is 73.9 Å². The standard InChI is InChI=1S/C23H28ClN5O/c1-15(2)25-22-19-9-10-20(26-23(19)28-27-22)17-6-4-12-29(14-17)21(30)11-8-16-5-3-7-18(24)13-16/h3,5,7,9-10,13,15,17H,4,6,8,11-12,14H2,1-2H3,(H2,25,26,27,28)/t17-/m0/s1. The minimum atomic E-state index is 0.200. The van der Waals surface area contributed by atoms with Gasteiger partial charge in [-0.25, -0.2) is 4.98 Å².